The molecule has 7 nitrogen and oxygen atoms in total. The van der Waals surface area contributed by atoms with Crippen molar-refractivity contribution in [1.82, 2.24) is 4.90 Å². The third-order valence-electron chi connectivity index (χ3n) is 2.99. The van der Waals surface area contributed by atoms with Gasteiger partial charge in [0.1, 0.15) is 11.4 Å². The largest absolute Gasteiger partial charge is 0.492 e. The Labute approximate surface area is 109 Å². The second kappa shape index (κ2) is 4.18. The van der Waals surface area contributed by atoms with E-state index in [0.29, 0.717) is 7.05 Å². The first-order chi connectivity index (χ1) is 9.10. The van der Waals surface area contributed by atoms with Gasteiger partial charge < -0.3 is 10.0 Å². The first-order valence-electron chi connectivity index (χ1n) is 5.14. The van der Waals surface area contributed by atoms with Crippen LogP contribution in [0.3, 0.4) is 0 Å². The van der Waals surface area contributed by atoms with Crippen molar-refractivity contribution in [3.8, 4) is 0 Å². The predicted octanol–water partition coefficient (Wildman–Crippen LogP) is -0.451. The molecule has 1 heterocycles. The van der Waals surface area contributed by atoms with Gasteiger partial charge in [-0.3, -0.25) is 19.8 Å². The lowest BCUT2D eigenvalue weighted by atomic mass is 9.74. The minimum atomic E-state index is -4.08. The lowest BCUT2D eigenvalue weighted by Crippen LogP contribution is -2.42. The summed E-state index contributed by atoms with van der Waals surface area (Å²) in [6, 6.07) is -3.88. The third kappa shape index (κ3) is 1.67. The van der Waals surface area contributed by atoms with Gasteiger partial charge in [-0.05, 0) is 0 Å². The quantitative estimate of drug-likeness (QED) is 0.332. The van der Waals surface area contributed by atoms with Gasteiger partial charge in [-0.25, -0.2) is 4.39 Å². The van der Waals surface area contributed by atoms with Gasteiger partial charge in [0.15, 0.2) is 0 Å². The highest BCUT2D eigenvalue weighted by Crippen LogP contribution is 2.43. The van der Waals surface area contributed by atoms with E-state index in [9.17, 15) is 28.1 Å². The molecular weight excluding hydrogens is 284 g/mol. The SMILES string of the molecule is CN1C(=O)c2c([N+](=O)[O-])cc(F)c(B(O)O)c2C1(F)F. The van der Waals surface area contributed by atoms with Crippen LogP contribution in [0.2, 0.25) is 0 Å². The summed E-state index contributed by atoms with van der Waals surface area (Å²) in [5.74, 6) is -3.01. The monoisotopic (exact) mass is 290 g/mol. The van der Waals surface area contributed by atoms with Crippen LogP contribution in [-0.2, 0) is 6.05 Å². The number of nitrogens with zero attached hydrogens (tertiary/aromatic N) is 2. The Kier molecular flexibility index (Phi) is 2.98. The summed E-state index contributed by atoms with van der Waals surface area (Å²) in [7, 11) is -1.98. The van der Waals surface area contributed by atoms with E-state index in [-0.39, 0.29) is 11.0 Å². The Balaban J connectivity index is 2.96. The summed E-state index contributed by atoms with van der Waals surface area (Å²) >= 11 is 0. The van der Waals surface area contributed by atoms with Gasteiger partial charge in [0.2, 0.25) is 0 Å². The van der Waals surface area contributed by atoms with Crippen LogP contribution >= 0.6 is 0 Å². The van der Waals surface area contributed by atoms with E-state index >= 15 is 0 Å². The highest BCUT2D eigenvalue weighted by Gasteiger charge is 2.56. The van der Waals surface area contributed by atoms with E-state index in [1.807, 2.05) is 0 Å². The maximum absolute atomic E-state index is 13.9. The van der Waals surface area contributed by atoms with Crippen LogP contribution in [0, 0.1) is 15.9 Å². The van der Waals surface area contributed by atoms with Gasteiger partial charge in [0.25, 0.3) is 11.6 Å². The van der Waals surface area contributed by atoms with Gasteiger partial charge in [-0.2, -0.15) is 8.78 Å². The van der Waals surface area contributed by atoms with Crippen LogP contribution in [0.15, 0.2) is 6.07 Å². The summed E-state index contributed by atoms with van der Waals surface area (Å²) < 4.78 is 41.5. The maximum Gasteiger partial charge on any atom is 0.492 e. The minimum Gasteiger partial charge on any atom is -0.423 e. The van der Waals surface area contributed by atoms with Crippen molar-refractivity contribution in [1.29, 1.82) is 0 Å². The Morgan fingerprint density at radius 2 is 2.00 bits per heavy atom. The van der Waals surface area contributed by atoms with Crippen LogP contribution in [0.5, 0.6) is 0 Å². The number of alkyl halides is 2. The molecule has 0 spiro atoms. The number of rotatable bonds is 2. The zero-order valence-corrected chi connectivity index (χ0v) is 9.80. The fourth-order valence-electron chi connectivity index (χ4n) is 2.04. The summed E-state index contributed by atoms with van der Waals surface area (Å²) in [4.78, 5) is 21.1. The standard InChI is InChI=1S/C9H6BF3N2O5/c1-14-8(16)5-4(15(19)20)2-3(11)7(10(17)18)6(5)9(14,12)13/h2,17-18H,1H3. The molecule has 106 valence electrons. The average Bonchev–Trinajstić information content (AvgIpc) is 2.50. The number of carbonyl (C=O) groups is 1. The topological polar surface area (TPSA) is 104 Å². The molecule has 1 amide bonds. The first-order valence-corrected chi connectivity index (χ1v) is 5.14. The van der Waals surface area contributed by atoms with Crippen molar-refractivity contribution in [2.45, 2.75) is 6.05 Å². The number of amides is 1. The summed E-state index contributed by atoms with van der Waals surface area (Å²) in [6.45, 7) is 0. The van der Waals surface area contributed by atoms with Gasteiger partial charge in [0.05, 0.1) is 16.6 Å². The molecule has 0 aliphatic carbocycles. The molecule has 2 rings (SSSR count). The Morgan fingerprint density at radius 1 is 1.45 bits per heavy atom. The number of benzene rings is 1. The molecular formula is C9H6BF3N2O5. The van der Waals surface area contributed by atoms with Crippen molar-refractivity contribution >= 4 is 24.2 Å². The Morgan fingerprint density at radius 3 is 2.45 bits per heavy atom. The maximum atomic E-state index is 13.9. The van der Waals surface area contributed by atoms with E-state index in [4.69, 9.17) is 10.0 Å². The van der Waals surface area contributed by atoms with E-state index in [1.54, 1.807) is 0 Å². The molecule has 0 atom stereocenters. The van der Waals surface area contributed by atoms with Crippen molar-refractivity contribution in [3.63, 3.8) is 0 Å². The molecule has 20 heavy (non-hydrogen) atoms. The molecule has 0 bridgehead atoms. The lowest BCUT2D eigenvalue weighted by molar-refractivity contribution is -0.385. The van der Waals surface area contributed by atoms with Crippen LogP contribution < -0.4 is 5.46 Å². The molecule has 0 aromatic heterocycles. The molecule has 1 aromatic rings. The third-order valence-corrected chi connectivity index (χ3v) is 2.99. The number of nitro groups is 1. The smallest absolute Gasteiger partial charge is 0.423 e. The molecule has 0 unspecified atom stereocenters. The zero-order chi connectivity index (χ0) is 15.4. The highest BCUT2D eigenvalue weighted by atomic mass is 19.3. The van der Waals surface area contributed by atoms with E-state index in [0.717, 1.165) is 0 Å². The normalized spacial score (nSPS) is 16.3. The molecule has 0 saturated heterocycles. The number of fused-ring (bicyclic) bond motifs is 1. The second-order valence-corrected chi connectivity index (χ2v) is 4.08. The van der Waals surface area contributed by atoms with Gasteiger partial charge in [0, 0.05) is 12.5 Å². The van der Waals surface area contributed by atoms with Gasteiger partial charge in [-0.1, -0.05) is 0 Å². The van der Waals surface area contributed by atoms with Crippen molar-refractivity contribution < 1.29 is 32.9 Å². The van der Waals surface area contributed by atoms with E-state index in [2.05, 4.69) is 0 Å². The van der Waals surface area contributed by atoms with Crippen molar-refractivity contribution in [2.24, 2.45) is 0 Å². The fourth-order valence-corrected chi connectivity index (χ4v) is 2.04. The zero-order valence-electron chi connectivity index (χ0n) is 9.80. The van der Waals surface area contributed by atoms with Crippen molar-refractivity contribution in [2.75, 3.05) is 7.05 Å². The minimum absolute atomic E-state index is 0.129. The summed E-state index contributed by atoms with van der Waals surface area (Å²) in [5, 5.41) is 28.7. The van der Waals surface area contributed by atoms with Crippen molar-refractivity contribution in [3.05, 3.63) is 33.1 Å². The summed E-state index contributed by atoms with van der Waals surface area (Å²) in [6.07, 6.45) is 0. The van der Waals surface area contributed by atoms with Crippen LogP contribution in [0.25, 0.3) is 0 Å². The second-order valence-electron chi connectivity index (χ2n) is 4.08. The first kappa shape index (κ1) is 14.3. The molecule has 0 saturated carbocycles. The number of hydrogen-bond acceptors (Lipinski definition) is 5. The number of hydrogen-bond donors (Lipinski definition) is 2. The number of halogens is 3. The van der Waals surface area contributed by atoms with Crippen LogP contribution in [0.1, 0.15) is 15.9 Å². The molecule has 1 aliphatic rings. The lowest BCUT2D eigenvalue weighted by Gasteiger charge is -2.20. The molecule has 11 heteroatoms. The van der Waals surface area contributed by atoms with Gasteiger partial charge >= 0.3 is 13.2 Å². The Bertz CT molecular complexity index is 636. The number of carbonyl (C=O) groups excluding carboxylic acids is 1. The van der Waals surface area contributed by atoms with Crippen LogP contribution in [0.4, 0.5) is 18.9 Å². The van der Waals surface area contributed by atoms with Gasteiger partial charge in [-0.15, -0.1) is 0 Å². The average molecular weight is 290 g/mol. The van der Waals surface area contributed by atoms with E-state index < -0.39 is 52.1 Å². The summed E-state index contributed by atoms with van der Waals surface area (Å²) in [5.41, 5.74) is -4.86. The van der Waals surface area contributed by atoms with E-state index in [1.165, 1.54) is 0 Å². The fraction of sp³-hybridized carbons (Fsp3) is 0.222. The molecule has 1 aromatic carbocycles. The highest BCUT2D eigenvalue weighted by molar-refractivity contribution is 6.59. The Hall–Kier alpha value is -2.14. The molecule has 0 radical (unpaired) electrons. The predicted molar refractivity (Wildman–Crippen MR) is 58.9 cm³/mol. The molecule has 2 N–H and O–H groups in total. The molecule has 0 fully saturated rings. The molecule has 1 aliphatic heterocycles. The van der Waals surface area contributed by atoms with Crippen LogP contribution in [-0.4, -0.2) is 39.9 Å². The number of nitro benzene ring substituents is 1.